The third-order valence-corrected chi connectivity index (χ3v) is 4.56. The molecule has 0 unspecified atom stereocenters. The minimum absolute atomic E-state index is 0.0560. The number of hydrogen-bond acceptors (Lipinski definition) is 3. The third-order valence-electron chi connectivity index (χ3n) is 2.58. The fraction of sp³-hybridized carbons (Fsp3) is 0.0833. The summed E-state index contributed by atoms with van der Waals surface area (Å²) in [7, 11) is 1.51. The SMILES string of the molecule is CN1C(=O)N(c2ccc(Br)cc2)C(=O)/C1=N/C(Br)=C/Br. The number of carbonyl (C=O) groups is 2. The molecule has 1 aromatic rings. The number of imide groups is 1. The van der Waals surface area contributed by atoms with Crippen LogP contribution in [0.1, 0.15) is 0 Å². The van der Waals surface area contributed by atoms with Crippen LogP contribution >= 0.6 is 47.8 Å². The number of urea groups is 1. The van der Waals surface area contributed by atoms with Crippen molar-refractivity contribution in [2.45, 2.75) is 0 Å². The Hall–Kier alpha value is -0.990. The summed E-state index contributed by atoms with van der Waals surface area (Å²) in [4.78, 5) is 32.3. The molecule has 0 bridgehead atoms. The Bertz CT molecular complexity index is 625. The second-order valence-electron chi connectivity index (χ2n) is 3.83. The van der Waals surface area contributed by atoms with Gasteiger partial charge in [-0.1, -0.05) is 31.9 Å². The average Bonchev–Trinajstić information content (AvgIpc) is 2.64. The number of hydrogen-bond donors (Lipinski definition) is 0. The van der Waals surface area contributed by atoms with Crippen molar-refractivity contribution >= 4 is 71.3 Å². The molecule has 0 saturated carbocycles. The van der Waals surface area contributed by atoms with Gasteiger partial charge in [0.15, 0.2) is 0 Å². The molecule has 20 heavy (non-hydrogen) atoms. The Kier molecular flexibility index (Phi) is 4.77. The van der Waals surface area contributed by atoms with E-state index in [-0.39, 0.29) is 5.84 Å². The van der Waals surface area contributed by atoms with E-state index in [4.69, 9.17) is 0 Å². The van der Waals surface area contributed by atoms with Crippen molar-refractivity contribution in [2.24, 2.45) is 4.99 Å². The van der Waals surface area contributed by atoms with Crippen LogP contribution in [0.15, 0.2) is 43.3 Å². The Morgan fingerprint density at radius 2 is 1.85 bits per heavy atom. The van der Waals surface area contributed by atoms with Gasteiger partial charge in [0.05, 0.1) is 5.69 Å². The fourth-order valence-corrected chi connectivity index (χ4v) is 2.17. The summed E-state index contributed by atoms with van der Waals surface area (Å²) >= 11 is 9.56. The molecule has 1 heterocycles. The molecule has 3 amide bonds. The van der Waals surface area contributed by atoms with E-state index in [2.05, 4.69) is 52.8 Å². The zero-order valence-electron chi connectivity index (χ0n) is 10.2. The summed E-state index contributed by atoms with van der Waals surface area (Å²) in [5, 5.41) is 0. The lowest BCUT2D eigenvalue weighted by molar-refractivity contribution is -0.111. The summed E-state index contributed by atoms with van der Waals surface area (Å²) in [6.07, 6.45) is 0. The quantitative estimate of drug-likeness (QED) is 0.492. The molecule has 5 nitrogen and oxygen atoms in total. The molecule has 0 aliphatic carbocycles. The lowest BCUT2D eigenvalue weighted by Crippen LogP contribution is -2.31. The topological polar surface area (TPSA) is 53.0 Å². The smallest absolute Gasteiger partial charge is 0.276 e. The molecule has 8 heteroatoms. The van der Waals surface area contributed by atoms with Gasteiger partial charge in [-0.2, -0.15) is 0 Å². The second kappa shape index (κ2) is 6.19. The Balaban J connectivity index is 2.42. The predicted molar refractivity (Wildman–Crippen MR) is 88.2 cm³/mol. The van der Waals surface area contributed by atoms with E-state index in [1.807, 2.05) is 0 Å². The maximum absolute atomic E-state index is 12.3. The first-order valence-corrected chi connectivity index (χ1v) is 7.88. The maximum Gasteiger partial charge on any atom is 0.337 e. The van der Waals surface area contributed by atoms with Gasteiger partial charge in [0.25, 0.3) is 0 Å². The van der Waals surface area contributed by atoms with E-state index < -0.39 is 11.9 Å². The van der Waals surface area contributed by atoms with Crippen molar-refractivity contribution in [2.75, 3.05) is 11.9 Å². The zero-order chi connectivity index (χ0) is 14.9. The van der Waals surface area contributed by atoms with E-state index in [1.54, 1.807) is 24.3 Å². The molecule has 0 N–H and O–H groups in total. The number of aliphatic imine (C=N–C) groups is 1. The number of anilines is 1. The van der Waals surface area contributed by atoms with Gasteiger partial charge in [0.2, 0.25) is 5.84 Å². The third kappa shape index (κ3) is 2.87. The van der Waals surface area contributed by atoms with E-state index in [1.165, 1.54) is 16.9 Å². The van der Waals surface area contributed by atoms with E-state index in [0.717, 1.165) is 9.37 Å². The highest BCUT2D eigenvalue weighted by molar-refractivity contribution is 9.14. The van der Waals surface area contributed by atoms with Gasteiger partial charge in [-0.05, 0) is 40.2 Å². The van der Waals surface area contributed by atoms with Gasteiger partial charge in [0, 0.05) is 16.5 Å². The van der Waals surface area contributed by atoms with Crippen molar-refractivity contribution in [3.8, 4) is 0 Å². The van der Waals surface area contributed by atoms with Crippen LogP contribution in [0.5, 0.6) is 0 Å². The molecule has 1 saturated heterocycles. The molecule has 0 spiro atoms. The summed E-state index contributed by atoms with van der Waals surface area (Å²) in [5.74, 6) is -0.411. The maximum atomic E-state index is 12.3. The molecule has 1 aliphatic heterocycles. The number of amides is 3. The van der Waals surface area contributed by atoms with Crippen LogP contribution in [0.25, 0.3) is 0 Å². The minimum atomic E-state index is -0.467. The average molecular weight is 466 g/mol. The molecule has 1 aromatic carbocycles. The zero-order valence-corrected chi connectivity index (χ0v) is 14.9. The largest absolute Gasteiger partial charge is 0.337 e. The number of nitrogens with zero attached hydrogens (tertiary/aromatic N) is 3. The van der Waals surface area contributed by atoms with Gasteiger partial charge in [-0.3, -0.25) is 9.69 Å². The van der Waals surface area contributed by atoms with Crippen molar-refractivity contribution in [3.05, 3.63) is 38.3 Å². The Morgan fingerprint density at radius 1 is 1.25 bits per heavy atom. The number of halogens is 3. The Labute approximate surface area is 140 Å². The van der Waals surface area contributed by atoms with Crippen molar-refractivity contribution < 1.29 is 9.59 Å². The summed E-state index contributed by atoms with van der Waals surface area (Å²) in [6, 6.07) is 6.46. The lowest BCUT2D eigenvalue weighted by Gasteiger charge is -2.12. The van der Waals surface area contributed by atoms with E-state index in [9.17, 15) is 9.59 Å². The van der Waals surface area contributed by atoms with Gasteiger partial charge in [-0.25, -0.2) is 14.7 Å². The molecular formula is C12H8Br3N3O2. The van der Waals surface area contributed by atoms with Crippen LogP contribution in [0.4, 0.5) is 10.5 Å². The second-order valence-corrected chi connectivity index (χ2v) is 6.01. The summed E-state index contributed by atoms with van der Waals surface area (Å²) < 4.78 is 1.28. The molecule has 1 fully saturated rings. The molecule has 2 rings (SSSR count). The molecule has 1 aliphatic rings. The predicted octanol–water partition coefficient (Wildman–Crippen LogP) is 3.83. The van der Waals surface area contributed by atoms with E-state index in [0.29, 0.717) is 10.3 Å². The standard InChI is InChI=1S/C12H8Br3N3O2/c1-17-10(16-9(15)6-13)11(19)18(12(17)20)8-4-2-7(14)3-5-8/h2-6H,1H3/b9-6+,16-10-. The highest BCUT2D eigenvalue weighted by Crippen LogP contribution is 2.24. The Morgan fingerprint density at radius 3 is 2.40 bits per heavy atom. The number of amidine groups is 1. The van der Waals surface area contributed by atoms with Crippen molar-refractivity contribution in [1.29, 1.82) is 0 Å². The number of rotatable bonds is 2. The van der Waals surface area contributed by atoms with Crippen LogP contribution in [0, 0.1) is 0 Å². The normalized spacial score (nSPS) is 18.4. The number of benzene rings is 1. The molecule has 104 valence electrons. The number of carbonyl (C=O) groups excluding carboxylic acids is 2. The van der Waals surface area contributed by atoms with Gasteiger partial charge in [0.1, 0.15) is 4.61 Å². The monoisotopic (exact) mass is 463 g/mol. The summed E-state index contributed by atoms with van der Waals surface area (Å²) in [5.41, 5.74) is 0.499. The van der Waals surface area contributed by atoms with Crippen LogP contribution in [0.3, 0.4) is 0 Å². The van der Waals surface area contributed by atoms with Gasteiger partial charge in [-0.15, -0.1) is 0 Å². The highest BCUT2D eigenvalue weighted by atomic mass is 79.9. The first-order chi connectivity index (χ1) is 9.45. The first-order valence-electron chi connectivity index (χ1n) is 5.38. The van der Waals surface area contributed by atoms with Crippen molar-refractivity contribution in [1.82, 2.24) is 4.90 Å². The molecule has 0 aromatic heterocycles. The first kappa shape index (κ1) is 15.4. The highest BCUT2D eigenvalue weighted by Gasteiger charge is 2.41. The van der Waals surface area contributed by atoms with Crippen LogP contribution in [-0.2, 0) is 4.79 Å². The molecule has 0 radical (unpaired) electrons. The molecule has 0 atom stereocenters. The summed E-state index contributed by atoms with van der Waals surface area (Å²) in [6.45, 7) is 0. The minimum Gasteiger partial charge on any atom is -0.276 e. The van der Waals surface area contributed by atoms with Gasteiger partial charge >= 0.3 is 11.9 Å². The number of likely N-dealkylation sites (N-methyl/N-ethyl adjacent to an activating group) is 1. The molecular weight excluding hydrogens is 458 g/mol. The lowest BCUT2D eigenvalue weighted by atomic mass is 10.3. The van der Waals surface area contributed by atoms with Crippen LogP contribution in [-0.4, -0.2) is 29.7 Å². The van der Waals surface area contributed by atoms with Crippen molar-refractivity contribution in [3.63, 3.8) is 0 Å². The van der Waals surface area contributed by atoms with Gasteiger partial charge < -0.3 is 0 Å². The fourth-order valence-electron chi connectivity index (χ4n) is 1.64. The van der Waals surface area contributed by atoms with Crippen LogP contribution in [0.2, 0.25) is 0 Å². The van der Waals surface area contributed by atoms with Crippen LogP contribution < -0.4 is 4.90 Å². The van der Waals surface area contributed by atoms with E-state index >= 15 is 0 Å².